The standard InChI is InChI=1S/C21H21N3O3/c1-15(16-10-12-22-13-11-16)23-21(17-6-8-20(27-2)9-7-17)18-4-3-5-19(14-18)24(25)26/h3-15,21,23H,1-2H3. The Hall–Kier alpha value is -3.25. The first-order chi connectivity index (χ1) is 13.1. The summed E-state index contributed by atoms with van der Waals surface area (Å²) < 4.78 is 5.24. The number of hydrogen-bond donors (Lipinski definition) is 1. The Bertz CT molecular complexity index is 898. The summed E-state index contributed by atoms with van der Waals surface area (Å²) >= 11 is 0. The number of aromatic nitrogens is 1. The van der Waals surface area contributed by atoms with Gasteiger partial charge in [0.15, 0.2) is 0 Å². The van der Waals surface area contributed by atoms with Crippen LogP contribution in [0, 0.1) is 10.1 Å². The number of benzene rings is 2. The number of rotatable bonds is 7. The predicted molar refractivity (Wildman–Crippen MR) is 104 cm³/mol. The number of ether oxygens (including phenoxy) is 1. The van der Waals surface area contributed by atoms with Crippen LogP contribution in [0.4, 0.5) is 5.69 Å². The van der Waals surface area contributed by atoms with Crippen molar-refractivity contribution in [3.05, 3.63) is 99.9 Å². The molecule has 2 aromatic carbocycles. The second-order valence-corrected chi connectivity index (χ2v) is 6.23. The van der Waals surface area contributed by atoms with Gasteiger partial charge in [0.2, 0.25) is 0 Å². The van der Waals surface area contributed by atoms with Gasteiger partial charge in [-0.3, -0.25) is 20.4 Å². The third kappa shape index (κ3) is 4.48. The molecule has 6 heteroatoms. The molecular formula is C21H21N3O3. The van der Waals surface area contributed by atoms with Crippen LogP contribution in [-0.2, 0) is 0 Å². The van der Waals surface area contributed by atoms with E-state index in [0.717, 1.165) is 22.4 Å². The second kappa shape index (κ2) is 8.42. The lowest BCUT2D eigenvalue weighted by Gasteiger charge is -2.25. The van der Waals surface area contributed by atoms with Crippen LogP contribution in [0.15, 0.2) is 73.1 Å². The molecule has 0 aliphatic heterocycles. The second-order valence-electron chi connectivity index (χ2n) is 6.23. The molecule has 0 amide bonds. The van der Waals surface area contributed by atoms with Crippen molar-refractivity contribution < 1.29 is 9.66 Å². The molecule has 27 heavy (non-hydrogen) atoms. The third-order valence-electron chi connectivity index (χ3n) is 4.49. The van der Waals surface area contributed by atoms with E-state index in [-0.39, 0.29) is 22.7 Å². The van der Waals surface area contributed by atoms with E-state index in [0.29, 0.717) is 0 Å². The Morgan fingerprint density at radius 2 is 1.70 bits per heavy atom. The first-order valence-corrected chi connectivity index (χ1v) is 8.63. The van der Waals surface area contributed by atoms with E-state index >= 15 is 0 Å². The summed E-state index contributed by atoms with van der Waals surface area (Å²) in [5, 5.41) is 14.8. The summed E-state index contributed by atoms with van der Waals surface area (Å²) in [4.78, 5) is 14.9. The molecule has 0 fully saturated rings. The molecule has 1 aromatic heterocycles. The van der Waals surface area contributed by atoms with Crippen LogP contribution in [0.1, 0.15) is 35.7 Å². The topological polar surface area (TPSA) is 77.3 Å². The Kier molecular flexibility index (Phi) is 5.78. The lowest BCUT2D eigenvalue weighted by molar-refractivity contribution is -0.384. The molecule has 1 heterocycles. The van der Waals surface area contributed by atoms with Crippen LogP contribution < -0.4 is 10.1 Å². The Morgan fingerprint density at radius 1 is 1.00 bits per heavy atom. The van der Waals surface area contributed by atoms with E-state index in [9.17, 15) is 10.1 Å². The number of nitrogens with zero attached hydrogens (tertiary/aromatic N) is 2. The molecular weight excluding hydrogens is 342 g/mol. The van der Waals surface area contributed by atoms with Gasteiger partial charge >= 0.3 is 0 Å². The normalized spacial score (nSPS) is 13.0. The zero-order valence-electron chi connectivity index (χ0n) is 15.2. The van der Waals surface area contributed by atoms with Crippen molar-refractivity contribution in [2.45, 2.75) is 19.0 Å². The molecule has 2 unspecified atom stereocenters. The Balaban J connectivity index is 1.97. The van der Waals surface area contributed by atoms with Crippen LogP contribution in [-0.4, -0.2) is 17.0 Å². The van der Waals surface area contributed by atoms with Crippen LogP contribution in [0.5, 0.6) is 5.75 Å². The molecule has 0 radical (unpaired) electrons. The molecule has 0 spiro atoms. The van der Waals surface area contributed by atoms with Gasteiger partial charge in [0.1, 0.15) is 5.75 Å². The van der Waals surface area contributed by atoms with E-state index in [4.69, 9.17) is 4.74 Å². The molecule has 0 bridgehead atoms. The van der Waals surface area contributed by atoms with E-state index in [1.165, 1.54) is 6.07 Å². The van der Waals surface area contributed by atoms with Gasteiger partial charge in [-0.25, -0.2) is 0 Å². The molecule has 3 rings (SSSR count). The maximum Gasteiger partial charge on any atom is 0.269 e. The first kappa shape index (κ1) is 18.5. The number of nitrogens with one attached hydrogen (secondary N) is 1. The highest BCUT2D eigenvalue weighted by atomic mass is 16.6. The zero-order valence-corrected chi connectivity index (χ0v) is 15.2. The van der Waals surface area contributed by atoms with Crippen molar-refractivity contribution in [3.63, 3.8) is 0 Å². The first-order valence-electron chi connectivity index (χ1n) is 8.63. The van der Waals surface area contributed by atoms with Crippen LogP contribution in [0.25, 0.3) is 0 Å². The van der Waals surface area contributed by atoms with Gasteiger partial charge in [-0.1, -0.05) is 24.3 Å². The lowest BCUT2D eigenvalue weighted by atomic mass is 9.96. The third-order valence-corrected chi connectivity index (χ3v) is 4.49. The summed E-state index contributed by atoms with van der Waals surface area (Å²) in [6.07, 6.45) is 3.51. The van der Waals surface area contributed by atoms with Crippen LogP contribution in [0.3, 0.4) is 0 Å². The van der Waals surface area contributed by atoms with Gasteiger partial charge in [0.25, 0.3) is 5.69 Å². The average Bonchev–Trinajstić information content (AvgIpc) is 2.72. The Labute approximate surface area is 158 Å². The van der Waals surface area contributed by atoms with Gasteiger partial charge < -0.3 is 4.74 Å². The highest BCUT2D eigenvalue weighted by molar-refractivity contribution is 5.41. The predicted octanol–water partition coefficient (Wildman–Crippen LogP) is 4.44. The van der Waals surface area contributed by atoms with E-state index < -0.39 is 0 Å². The molecule has 3 aromatic rings. The fourth-order valence-electron chi connectivity index (χ4n) is 3.00. The molecule has 1 N–H and O–H groups in total. The van der Waals surface area contributed by atoms with Crippen LogP contribution >= 0.6 is 0 Å². The minimum atomic E-state index is -0.374. The molecule has 0 aliphatic carbocycles. The van der Waals surface area contributed by atoms with Gasteiger partial charge in [-0.05, 0) is 47.9 Å². The molecule has 0 saturated carbocycles. The summed E-state index contributed by atoms with van der Waals surface area (Å²) in [7, 11) is 1.62. The number of pyridine rings is 1. The van der Waals surface area contributed by atoms with E-state index in [2.05, 4.69) is 17.2 Å². The number of methoxy groups -OCH3 is 1. The van der Waals surface area contributed by atoms with Crippen molar-refractivity contribution in [2.75, 3.05) is 7.11 Å². The number of nitro benzene ring substituents is 1. The minimum Gasteiger partial charge on any atom is -0.497 e. The van der Waals surface area contributed by atoms with Gasteiger partial charge in [-0.2, -0.15) is 0 Å². The fraction of sp³-hybridized carbons (Fsp3) is 0.190. The van der Waals surface area contributed by atoms with Crippen LogP contribution in [0.2, 0.25) is 0 Å². The van der Waals surface area contributed by atoms with Crippen molar-refractivity contribution >= 4 is 5.69 Å². The highest BCUT2D eigenvalue weighted by Gasteiger charge is 2.20. The molecule has 0 aliphatic rings. The fourth-order valence-corrected chi connectivity index (χ4v) is 3.00. The van der Waals surface area contributed by atoms with Crippen molar-refractivity contribution in [1.29, 1.82) is 0 Å². The van der Waals surface area contributed by atoms with Gasteiger partial charge in [0.05, 0.1) is 18.1 Å². The Morgan fingerprint density at radius 3 is 2.33 bits per heavy atom. The monoisotopic (exact) mass is 363 g/mol. The number of hydrogen-bond acceptors (Lipinski definition) is 5. The minimum absolute atomic E-state index is 0.0272. The van der Waals surface area contributed by atoms with Crippen molar-refractivity contribution in [3.8, 4) is 5.75 Å². The van der Waals surface area contributed by atoms with Gasteiger partial charge in [-0.15, -0.1) is 0 Å². The summed E-state index contributed by atoms with van der Waals surface area (Å²) in [5.74, 6) is 0.763. The van der Waals surface area contributed by atoms with E-state index in [1.807, 2.05) is 42.5 Å². The molecule has 6 nitrogen and oxygen atoms in total. The molecule has 138 valence electrons. The maximum absolute atomic E-state index is 11.2. The quantitative estimate of drug-likeness (QED) is 0.496. The number of nitro groups is 1. The summed E-state index contributed by atoms with van der Waals surface area (Å²) in [6.45, 7) is 2.06. The van der Waals surface area contributed by atoms with Gasteiger partial charge in [0, 0.05) is 30.6 Å². The maximum atomic E-state index is 11.2. The SMILES string of the molecule is COc1ccc(C(NC(C)c2ccncc2)c2cccc([N+](=O)[O-])c2)cc1. The summed E-state index contributed by atoms with van der Waals surface area (Å²) in [5.41, 5.74) is 2.99. The summed E-state index contributed by atoms with van der Waals surface area (Å²) in [6, 6.07) is 18.2. The zero-order chi connectivity index (χ0) is 19.2. The molecule has 2 atom stereocenters. The highest BCUT2D eigenvalue weighted by Crippen LogP contribution is 2.29. The van der Waals surface area contributed by atoms with Crippen molar-refractivity contribution in [2.24, 2.45) is 0 Å². The van der Waals surface area contributed by atoms with Crippen molar-refractivity contribution in [1.82, 2.24) is 10.3 Å². The molecule has 0 saturated heterocycles. The lowest BCUT2D eigenvalue weighted by Crippen LogP contribution is -2.25. The van der Waals surface area contributed by atoms with E-state index in [1.54, 1.807) is 31.6 Å². The smallest absolute Gasteiger partial charge is 0.269 e. The average molecular weight is 363 g/mol. The number of non-ortho nitro benzene ring substituents is 1. The largest absolute Gasteiger partial charge is 0.497 e.